The predicted octanol–water partition coefficient (Wildman–Crippen LogP) is 0.650. The first kappa shape index (κ1) is 22.0. The van der Waals surface area contributed by atoms with Crippen molar-refractivity contribution in [2.45, 2.75) is 26.3 Å². The van der Waals surface area contributed by atoms with Crippen LogP contribution in [0.2, 0.25) is 0 Å². The lowest BCUT2D eigenvalue weighted by Gasteiger charge is -2.20. The van der Waals surface area contributed by atoms with Gasteiger partial charge in [-0.2, -0.15) is 0 Å². The van der Waals surface area contributed by atoms with E-state index in [2.05, 4.69) is 13.2 Å². The quantitative estimate of drug-likeness (QED) is 0.543. The van der Waals surface area contributed by atoms with Crippen molar-refractivity contribution in [3.63, 3.8) is 0 Å². The molecule has 0 unspecified atom stereocenters. The van der Waals surface area contributed by atoms with E-state index < -0.39 is 17.1 Å². The van der Waals surface area contributed by atoms with E-state index >= 15 is 0 Å². The molecule has 2 rings (SSSR count). The summed E-state index contributed by atoms with van der Waals surface area (Å²) in [6.45, 7) is 7.59. The van der Waals surface area contributed by atoms with Gasteiger partial charge < -0.3 is 9.47 Å². The van der Waals surface area contributed by atoms with E-state index in [4.69, 9.17) is 9.47 Å². The van der Waals surface area contributed by atoms with E-state index in [1.807, 2.05) is 12.1 Å². The minimum atomic E-state index is -0.682. The Balaban J connectivity index is 2.39. The average molecular weight is 402 g/mol. The molecule has 0 spiro atoms. The van der Waals surface area contributed by atoms with Crippen LogP contribution in [0.1, 0.15) is 5.56 Å². The molecule has 29 heavy (non-hydrogen) atoms. The largest absolute Gasteiger partial charge is 0.493 e. The molecule has 0 aliphatic heterocycles. The first-order valence-corrected chi connectivity index (χ1v) is 8.93. The first-order chi connectivity index (χ1) is 13.9. The van der Waals surface area contributed by atoms with Crippen LogP contribution < -0.4 is 26.5 Å². The molecule has 0 saturated carbocycles. The van der Waals surface area contributed by atoms with Crippen LogP contribution >= 0.6 is 0 Å². The molecule has 1 aromatic heterocycles. The highest BCUT2D eigenvalue weighted by Gasteiger charge is 2.16. The summed E-state index contributed by atoms with van der Waals surface area (Å²) >= 11 is 0. The molecule has 0 aliphatic carbocycles. The number of methoxy groups -OCH3 is 2. The second-order valence-electron chi connectivity index (χ2n) is 6.42. The van der Waals surface area contributed by atoms with Gasteiger partial charge in [-0.15, -0.1) is 13.2 Å². The number of allylic oxidation sites excluding steroid dienone is 2. The zero-order chi connectivity index (χ0) is 21.6. The zero-order valence-electron chi connectivity index (χ0n) is 17.0. The maximum Gasteiger partial charge on any atom is 0.337 e. The Labute approximate surface area is 168 Å². The van der Waals surface area contributed by atoms with Gasteiger partial charge in [-0.05, 0) is 24.7 Å². The lowest BCUT2D eigenvalue weighted by molar-refractivity contribution is 0.239. The van der Waals surface area contributed by atoms with Gasteiger partial charge in [0, 0.05) is 6.54 Å². The highest BCUT2D eigenvalue weighted by molar-refractivity contribution is 5.42. The molecule has 9 heteroatoms. The molecule has 1 heterocycles. The third kappa shape index (κ3) is 4.75. The Morgan fingerprint density at radius 1 is 0.897 bits per heavy atom. The van der Waals surface area contributed by atoms with Crippen LogP contribution in [0, 0.1) is 0 Å². The standard InChI is InChI=1S/C20H26N4O5/c1-6-10-22-18(25)23(11-7-2)20(27)24(19(22)26)14-21(3)13-15-8-9-16(28-4)17(12-15)29-5/h6-9,12H,1-2,10-11,13-14H2,3-5H3. The minimum absolute atomic E-state index is 0.000572. The number of aromatic nitrogens is 3. The normalized spacial score (nSPS) is 10.8. The molecule has 1 aromatic carbocycles. The Hall–Kier alpha value is -3.33. The monoisotopic (exact) mass is 402 g/mol. The smallest absolute Gasteiger partial charge is 0.337 e. The predicted molar refractivity (Wildman–Crippen MR) is 111 cm³/mol. The molecule has 0 saturated heterocycles. The number of ether oxygens (including phenoxy) is 2. The third-order valence-electron chi connectivity index (χ3n) is 4.29. The van der Waals surface area contributed by atoms with Crippen molar-refractivity contribution in [1.29, 1.82) is 0 Å². The highest BCUT2D eigenvalue weighted by atomic mass is 16.5. The summed E-state index contributed by atoms with van der Waals surface area (Å²) in [5, 5.41) is 0. The second kappa shape index (κ2) is 9.74. The van der Waals surface area contributed by atoms with Gasteiger partial charge in [0.25, 0.3) is 0 Å². The third-order valence-corrected chi connectivity index (χ3v) is 4.29. The van der Waals surface area contributed by atoms with Crippen molar-refractivity contribution in [3.8, 4) is 11.5 Å². The SMILES string of the molecule is C=CCn1c(=O)n(CC=C)c(=O)n(CN(C)Cc2ccc(OC)c(OC)c2)c1=O. The number of benzene rings is 1. The lowest BCUT2D eigenvalue weighted by Crippen LogP contribution is -2.55. The Morgan fingerprint density at radius 2 is 1.41 bits per heavy atom. The Kier molecular flexibility index (Phi) is 7.38. The lowest BCUT2D eigenvalue weighted by atomic mass is 10.2. The molecule has 0 amide bonds. The minimum Gasteiger partial charge on any atom is -0.493 e. The number of nitrogens with zero attached hydrogens (tertiary/aromatic N) is 4. The van der Waals surface area contributed by atoms with Crippen molar-refractivity contribution in [2.24, 2.45) is 0 Å². The topological polar surface area (TPSA) is 87.7 Å². The van der Waals surface area contributed by atoms with Crippen LogP contribution in [0.15, 0.2) is 57.9 Å². The molecule has 0 bridgehead atoms. The van der Waals surface area contributed by atoms with Crippen LogP contribution in [-0.2, 0) is 26.3 Å². The van der Waals surface area contributed by atoms with Gasteiger partial charge in [0.05, 0.1) is 34.0 Å². The summed E-state index contributed by atoms with van der Waals surface area (Å²) in [6.07, 6.45) is 2.87. The van der Waals surface area contributed by atoms with E-state index in [-0.39, 0.29) is 19.8 Å². The fourth-order valence-electron chi connectivity index (χ4n) is 2.96. The number of hydrogen-bond acceptors (Lipinski definition) is 6. The van der Waals surface area contributed by atoms with Crippen LogP contribution in [0.4, 0.5) is 0 Å². The molecule has 156 valence electrons. The van der Waals surface area contributed by atoms with E-state index in [0.717, 1.165) is 19.3 Å². The summed E-state index contributed by atoms with van der Waals surface area (Å²) in [6, 6.07) is 5.48. The molecule has 0 radical (unpaired) electrons. The molecular formula is C20H26N4O5. The summed E-state index contributed by atoms with van der Waals surface area (Å²) in [5.41, 5.74) is -1.14. The fraction of sp³-hybridized carbons (Fsp3) is 0.350. The second-order valence-corrected chi connectivity index (χ2v) is 6.42. The Morgan fingerprint density at radius 3 is 1.90 bits per heavy atom. The summed E-state index contributed by atoms with van der Waals surface area (Å²) < 4.78 is 13.5. The van der Waals surface area contributed by atoms with Crippen LogP contribution in [0.3, 0.4) is 0 Å². The van der Waals surface area contributed by atoms with Crippen LogP contribution in [0.5, 0.6) is 11.5 Å². The Bertz CT molecular complexity index is 1020. The summed E-state index contributed by atoms with van der Waals surface area (Å²) in [4.78, 5) is 39.6. The molecule has 2 aromatic rings. The number of rotatable bonds is 10. The van der Waals surface area contributed by atoms with E-state index in [1.54, 1.807) is 32.2 Å². The number of hydrogen-bond donors (Lipinski definition) is 0. The molecule has 0 N–H and O–H groups in total. The van der Waals surface area contributed by atoms with Gasteiger partial charge in [0.1, 0.15) is 0 Å². The van der Waals surface area contributed by atoms with Crippen molar-refractivity contribution < 1.29 is 9.47 Å². The maximum atomic E-state index is 12.7. The summed E-state index contributed by atoms with van der Waals surface area (Å²) in [7, 11) is 4.88. The van der Waals surface area contributed by atoms with Crippen molar-refractivity contribution in [3.05, 3.63) is 80.5 Å². The highest BCUT2D eigenvalue weighted by Crippen LogP contribution is 2.27. The van der Waals surface area contributed by atoms with Crippen molar-refractivity contribution in [1.82, 2.24) is 18.6 Å². The molecule has 9 nitrogen and oxygen atoms in total. The summed E-state index contributed by atoms with van der Waals surface area (Å²) in [5.74, 6) is 1.20. The van der Waals surface area contributed by atoms with Gasteiger partial charge in [-0.1, -0.05) is 18.2 Å². The van der Waals surface area contributed by atoms with Gasteiger partial charge in [0.15, 0.2) is 11.5 Å². The maximum absolute atomic E-state index is 12.7. The average Bonchev–Trinajstić information content (AvgIpc) is 2.71. The van der Waals surface area contributed by atoms with Gasteiger partial charge in [-0.25, -0.2) is 28.1 Å². The molecule has 0 aliphatic rings. The molecule has 0 atom stereocenters. The fourth-order valence-corrected chi connectivity index (χ4v) is 2.96. The van der Waals surface area contributed by atoms with E-state index in [9.17, 15) is 14.4 Å². The zero-order valence-corrected chi connectivity index (χ0v) is 17.0. The van der Waals surface area contributed by atoms with Crippen molar-refractivity contribution >= 4 is 0 Å². The van der Waals surface area contributed by atoms with E-state index in [1.165, 1.54) is 12.2 Å². The van der Waals surface area contributed by atoms with Crippen LogP contribution in [-0.4, -0.2) is 39.9 Å². The van der Waals surface area contributed by atoms with Crippen LogP contribution in [0.25, 0.3) is 0 Å². The van der Waals surface area contributed by atoms with Gasteiger partial charge in [-0.3, -0.25) is 4.90 Å². The van der Waals surface area contributed by atoms with Gasteiger partial charge in [0.2, 0.25) is 0 Å². The van der Waals surface area contributed by atoms with Gasteiger partial charge >= 0.3 is 17.1 Å². The molecular weight excluding hydrogens is 376 g/mol. The van der Waals surface area contributed by atoms with E-state index in [0.29, 0.717) is 18.0 Å². The first-order valence-electron chi connectivity index (χ1n) is 8.93. The van der Waals surface area contributed by atoms with Crippen molar-refractivity contribution in [2.75, 3.05) is 21.3 Å². The molecule has 0 fully saturated rings.